The van der Waals surface area contributed by atoms with Crippen LogP contribution in [0.15, 0.2) is 53.4 Å². The molecule has 0 saturated carbocycles. The van der Waals surface area contributed by atoms with Crippen molar-refractivity contribution in [3.05, 3.63) is 65.2 Å². The van der Waals surface area contributed by atoms with E-state index in [9.17, 15) is 4.79 Å². The Labute approximate surface area is 159 Å². The number of thioether (sulfide) groups is 1. The summed E-state index contributed by atoms with van der Waals surface area (Å²) in [5, 5.41) is 3.27. The fraction of sp³-hybridized carbons (Fsp3) is 0.318. The molecule has 1 N–H and O–H groups in total. The molecular weight excluding hydrogens is 340 g/mol. The number of benzene rings is 2. The van der Waals surface area contributed by atoms with Crippen molar-refractivity contribution in [2.45, 2.75) is 36.7 Å². The Morgan fingerprint density at radius 3 is 2.58 bits per heavy atom. The van der Waals surface area contributed by atoms with Gasteiger partial charge in [-0.1, -0.05) is 49.8 Å². The van der Waals surface area contributed by atoms with E-state index >= 15 is 0 Å². The molecule has 0 aromatic heterocycles. The van der Waals surface area contributed by atoms with Crippen molar-refractivity contribution in [1.82, 2.24) is 5.32 Å². The van der Waals surface area contributed by atoms with Crippen molar-refractivity contribution < 1.29 is 4.79 Å². The normalized spacial score (nSPS) is 23.2. The van der Waals surface area contributed by atoms with Crippen LogP contribution in [0.3, 0.4) is 0 Å². The first-order valence-corrected chi connectivity index (χ1v) is 10.1. The van der Waals surface area contributed by atoms with Crippen LogP contribution in [0.5, 0.6) is 0 Å². The summed E-state index contributed by atoms with van der Waals surface area (Å²) in [5.74, 6) is 0.0756. The second kappa shape index (κ2) is 5.92. The van der Waals surface area contributed by atoms with E-state index in [1.165, 1.54) is 16.0 Å². The standard InChI is InChI=1S/C22H24N2OS/c1-15-5-10-19-18(13-15)21(2,3)22(23-20(25)14-24(19)22)12-11-16-6-8-17(26-4)9-7-16/h5-13H,14H2,1-4H3,(H,23,25). The lowest BCUT2D eigenvalue weighted by atomic mass is 9.75. The van der Waals surface area contributed by atoms with E-state index in [1.807, 2.05) is 0 Å². The number of nitrogens with one attached hydrogen (secondary N) is 1. The third-order valence-electron chi connectivity index (χ3n) is 5.76. The van der Waals surface area contributed by atoms with E-state index in [1.54, 1.807) is 11.8 Å². The van der Waals surface area contributed by atoms with Crippen LogP contribution in [0.25, 0.3) is 6.08 Å². The zero-order chi connectivity index (χ0) is 18.5. The molecule has 0 aliphatic carbocycles. The quantitative estimate of drug-likeness (QED) is 0.822. The van der Waals surface area contributed by atoms with Crippen LogP contribution in [0.1, 0.15) is 30.5 Å². The Hall–Kier alpha value is -2.20. The van der Waals surface area contributed by atoms with E-state index in [0.29, 0.717) is 6.54 Å². The molecule has 26 heavy (non-hydrogen) atoms. The Balaban J connectivity index is 1.79. The number of carbonyl (C=O) groups is 1. The van der Waals surface area contributed by atoms with Crippen LogP contribution in [0.2, 0.25) is 0 Å². The molecule has 1 saturated heterocycles. The number of nitrogens with zero attached hydrogens (tertiary/aromatic N) is 1. The average molecular weight is 365 g/mol. The minimum absolute atomic E-state index is 0.0756. The van der Waals surface area contributed by atoms with Gasteiger partial charge in [-0.15, -0.1) is 11.8 Å². The van der Waals surface area contributed by atoms with E-state index in [4.69, 9.17) is 0 Å². The maximum absolute atomic E-state index is 12.3. The lowest BCUT2D eigenvalue weighted by Crippen LogP contribution is -2.58. The molecule has 2 aromatic carbocycles. The molecule has 1 atom stereocenters. The highest BCUT2D eigenvalue weighted by molar-refractivity contribution is 7.98. The monoisotopic (exact) mass is 364 g/mol. The zero-order valence-electron chi connectivity index (χ0n) is 15.7. The van der Waals surface area contributed by atoms with Crippen LogP contribution < -0.4 is 10.2 Å². The molecule has 2 aliphatic rings. The molecule has 2 heterocycles. The summed E-state index contributed by atoms with van der Waals surface area (Å²) in [6, 6.07) is 15.0. The molecule has 1 unspecified atom stereocenters. The van der Waals surface area contributed by atoms with Gasteiger partial charge in [0, 0.05) is 16.0 Å². The number of aryl methyl sites for hydroxylation is 1. The van der Waals surface area contributed by atoms with Gasteiger partial charge in [0.25, 0.3) is 0 Å². The molecular formula is C22H24N2OS. The van der Waals surface area contributed by atoms with Gasteiger partial charge in [-0.2, -0.15) is 0 Å². The number of anilines is 1. The van der Waals surface area contributed by atoms with Crippen molar-refractivity contribution >= 4 is 29.4 Å². The highest BCUT2D eigenvalue weighted by atomic mass is 32.2. The molecule has 0 bridgehead atoms. The predicted molar refractivity (Wildman–Crippen MR) is 110 cm³/mol. The number of fused-ring (bicyclic) bond motifs is 3. The average Bonchev–Trinajstić information content (AvgIpc) is 3.05. The van der Waals surface area contributed by atoms with Crippen molar-refractivity contribution in [3.8, 4) is 0 Å². The largest absolute Gasteiger partial charge is 0.335 e. The first kappa shape index (κ1) is 17.2. The van der Waals surface area contributed by atoms with Gasteiger partial charge in [0.15, 0.2) is 0 Å². The van der Waals surface area contributed by atoms with Crippen LogP contribution in [0.4, 0.5) is 5.69 Å². The van der Waals surface area contributed by atoms with E-state index in [0.717, 1.165) is 11.3 Å². The second-order valence-corrected chi connectivity index (χ2v) is 8.53. The Bertz CT molecular complexity index is 901. The van der Waals surface area contributed by atoms with Gasteiger partial charge >= 0.3 is 0 Å². The van der Waals surface area contributed by atoms with Crippen LogP contribution in [-0.4, -0.2) is 24.4 Å². The second-order valence-electron chi connectivity index (χ2n) is 7.65. The fourth-order valence-corrected chi connectivity index (χ4v) is 4.63. The van der Waals surface area contributed by atoms with Gasteiger partial charge in [0.2, 0.25) is 5.91 Å². The van der Waals surface area contributed by atoms with Gasteiger partial charge < -0.3 is 10.2 Å². The van der Waals surface area contributed by atoms with Crippen LogP contribution >= 0.6 is 11.8 Å². The lowest BCUT2D eigenvalue weighted by Gasteiger charge is -2.40. The van der Waals surface area contributed by atoms with E-state index in [2.05, 4.69) is 91.9 Å². The number of rotatable bonds is 3. The molecule has 4 heteroatoms. The topological polar surface area (TPSA) is 32.3 Å². The van der Waals surface area contributed by atoms with E-state index < -0.39 is 5.66 Å². The molecule has 4 rings (SSSR count). The Kier molecular flexibility index (Phi) is 3.92. The zero-order valence-corrected chi connectivity index (χ0v) is 16.5. The summed E-state index contributed by atoms with van der Waals surface area (Å²) in [7, 11) is 0. The van der Waals surface area contributed by atoms with Gasteiger partial charge in [0.05, 0.1) is 6.54 Å². The van der Waals surface area contributed by atoms with Gasteiger partial charge in [-0.3, -0.25) is 4.79 Å². The molecule has 3 nitrogen and oxygen atoms in total. The fourth-order valence-electron chi connectivity index (χ4n) is 4.22. The van der Waals surface area contributed by atoms with Crippen molar-refractivity contribution in [1.29, 1.82) is 0 Å². The predicted octanol–water partition coefficient (Wildman–Crippen LogP) is 4.35. The highest BCUT2D eigenvalue weighted by Crippen LogP contribution is 2.53. The SMILES string of the molecule is CSc1ccc(C=CC23NC(=O)CN2c2ccc(C)cc2C3(C)C)cc1. The number of amides is 1. The molecule has 134 valence electrons. The smallest absolute Gasteiger partial charge is 0.241 e. The maximum atomic E-state index is 12.3. The first-order chi connectivity index (χ1) is 12.4. The van der Waals surface area contributed by atoms with Crippen molar-refractivity contribution in [2.75, 3.05) is 17.7 Å². The summed E-state index contributed by atoms with van der Waals surface area (Å²) < 4.78 is 0. The van der Waals surface area contributed by atoms with Gasteiger partial charge in [0.1, 0.15) is 5.66 Å². The first-order valence-electron chi connectivity index (χ1n) is 8.90. The molecule has 2 aromatic rings. The Morgan fingerprint density at radius 2 is 1.88 bits per heavy atom. The summed E-state index contributed by atoms with van der Waals surface area (Å²) >= 11 is 1.74. The third kappa shape index (κ3) is 2.39. The Morgan fingerprint density at radius 1 is 1.15 bits per heavy atom. The van der Waals surface area contributed by atoms with Crippen LogP contribution in [0, 0.1) is 6.92 Å². The van der Waals surface area contributed by atoms with Crippen molar-refractivity contribution in [3.63, 3.8) is 0 Å². The van der Waals surface area contributed by atoms with E-state index in [-0.39, 0.29) is 11.3 Å². The number of hydrogen-bond donors (Lipinski definition) is 1. The van der Waals surface area contributed by atoms with Crippen LogP contribution in [-0.2, 0) is 10.2 Å². The summed E-state index contributed by atoms with van der Waals surface area (Å²) in [6.45, 7) is 6.96. The highest BCUT2D eigenvalue weighted by Gasteiger charge is 2.59. The molecule has 2 aliphatic heterocycles. The number of hydrogen-bond acceptors (Lipinski definition) is 3. The molecule has 0 radical (unpaired) electrons. The molecule has 0 spiro atoms. The third-order valence-corrected chi connectivity index (χ3v) is 6.50. The molecule has 1 amide bonds. The van der Waals surface area contributed by atoms with Crippen molar-refractivity contribution in [2.24, 2.45) is 0 Å². The summed E-state index contributed by atoms with van der Waals surface area (Å²) in [6.07, 6.45) is 6.38. The van der Waals surface area contributed by atoms with Gasteiger partial charge in [-0.05, 0) is 48.6 Å². The molecule has 1 fully saturated rings. The summed E-state index contributed by atoms with van der Waals surface area (Å²) in [5.41, 5.74) is 4.08. The minimum atomic E-state index is -0.529. The summed E-state index contributed by atoms with van der Waals surface area (Å²) in [4.78, 5) is 15.8. The lowest BCUT2D eigenvalue weighted by molar-refractivity contribution is -0.118. The maximum Gasteiger partial charge on any atom is 0.241 e. The van der Waals surface area contributed by atoms with Gasteiger partial charge in [-0.25, -0.2) is 0 Å². The number of carbonyl (C=O) groups excluding carboxylic acids is 1. The minimum Gasteiger partial charge on any atom is -0.335 e.